The third-order valence-corrected chi connectivity index (χ3v) is 5.12. The van der Waals surface area contributed by atoms with E-state index in [1.54, 1.807) is 36.2 Å². The molecule has 4 heterocycles. The summed E-state index contributed by atoms with van der Waals surface area (Å²) in [5, 5.41) is 6.85. The summed E-state index contributed by atoms with van der Waals surface area (Å²) in [6.45, 7) is 3.23. The van der Waals surface area contributed by atoms with Crippen LogP contribution in [0.15, 0.2) is 36.9 Å². The van der Waals surface area contributed by atoms with E-state index in [-0.39, 0.29) is 17.7 Å². The Morgan fingerprint density at radius 2 is 2.04 bits per heavy atom. The molecule has 28 heavy (non-hydrogen) atoms. The molecule has 0 aliphatic carbocycles. The first kappa shape index (κ1) is 18.1. The minimum absolute atomic E-state index is 0.0574. The standard InChI is InChI=1S/C20H22N6O2/c1-13-8-23-18-16(10-24-26(18)11-13)20(28)25-7-3-4-15(12-25)17-6-5-14(9-22-17)19(27)21-2/h5-6,8-11,15H,3-4,7,12H2,1-2H3,(H,21,27). The van der Waals surface area contributed by atoms with Gasteiger partial charge in [-0.1, -0.05) is 0 Å². The van der Waals surface area contributed by atoms with Gasteiger partial charge in [-0.2, -0.15) is 5.10 Å². The van der Waals surface area contributed by atoms with Gasteiger partial charge in [0.25, 0.3) is 11.8 Å². The van der Waals surface area contributed by atoms with Gasteiger partial charge in [-0.25, -0.2) is 9.50 Å². The topological polar surface area (TPSA) is 92.5 Å². The number of aromatic nitrogens is 4. The fraction of sp³-hybridized carbons (Fsp3) is 0.350. The molecule has 1 aliphatic rings. The highest BCUT2D eigenvalue weighted by Gasteiger charge is 2.28. The summed E-state index contributed by atoms with van der Waals surface area (Å²) in [7, 11) is 1.59. The van der Waals surface area contributed by atoms with Crippen molar-refractivity contribution in [1.82, 2.24) is 29.8 Å². The molecule has 0 saturated carbocycles. The molecule has 2 amide bonds. The van der Waals surface area contributed by atoms with Crippen LogP contribution in [-0.2, 0) is 0 Å². The van der Waals surface area contributed by atoms with E-state index in [1.807, 2.05) is 24.1 Å². The van der Waals surface area contributed by atoms with Crippen molar-refractivity contribution in [3.05, 3.63) is 59.3 Å². The molecule has 144 valence electrons. The Labute approximate surface area is 162 Å². The Hall–Kier alpha value is -3.29. The number of fused-ring (bicyclic) bond motifs is 1. The quantitative estimate of drug-likeness (QED) is 0.750. The average Bonchev–Trinajstić information content (AvgIpc) is 3.15. The number of rotatable bonds is 3. The van der Waals surface area contributed by atoms with Gasteiger partial charge in [-0.3, -0.25) is 14.6 Å². The van der Waals surface area contributed by atoms with E-state index in [4.69, 9.17) is 0 Å². The predicted octanol–water partition coefficient (Wildman–Crippen LogP) is 1.81. The maximum Gasteiger partial charge on any atom is 0.259 e. The van der Waals surface area contributed by atoms with Crippen molar-refractivity contribution < 1.29 is 9.59 Å². The number of hydrogen-bond donors (Lipinski definition) is 1. The van der Waals surface area contributed by atoms with E-state index in [9.17, 15) is 9.59 Å². The van der Waals surface area contributed by atoms with Gasteiger partial charge in [-0.05, 0) is 37.5 Å². The summed E-state index contributed by atoms with van der Waals surface area (Å²) in [4.78, 5) is 35.4. The second-order valence-electron chi connectivity index (χ2n) is 7.10. The first-order valence-electron chi connectivity index (χ1n) is 9.34. The summed E-state index contributed by atoms with van der Waals surface area (Å²) in [5.74, 6) is -0.0677. The first-order valence-corrected chi connectivity index (χ1v) is 9.34. The maximum absolute atomic E-state index is 13.1. The SMILES string of the molecule is CNC(=O)c1ccc(C2CCCN(C(=O)c3cnn4cc(C)cnc34)C2)nc1. The number of carbonyl (C=O) groups excluding carboxylic acids is 2. The van der Waals surface area contributed by atoms with Crippen LogP contribution in [0.25, 0.3) is 5.65 Å². The summed E-state index contributed by atoms with van der Waals surface area (Å²) >= 11 is 0. The molecule has 1 aliphatic heterocycles. The maximum atomic E-state index is 13.1. The van der Waals surface area contributed by atoms with Gasteiger partial charge in [0.15, 0.2) is 5.65 Å². The van der Waals surface area contributed by atoms with Crippen molar-refractivity contribution in [3.8, 4) is 0 Å². The number of pyridine rings is 1. The molecule has 0 bridgehead atoms. The fourth-order valence-corrected chi connectivity index (χ4v) is 3.62. The molecule has 1 atom stereocenters. The molecule has 0 radical (unpaired) electrons. The molecule has 4 rings (SSSR count). The number of aryl methyl sites for hydroxylation is 1. The lowest BCUT2D eigenvalue weighted by Crippen LogP contribution is -2.39. The number of nitrogens with one attached hydrogen (secondary N) is 1. The van der Waals surface area contributed by atoms with Crippen molar-refractivity contribution in [2.75, 3.05) is 20.1 Å². The van der Waals surface area contributed by atoms with E-state index in [1.165, 1.54) is 0 Å². The molecule has 8 nitrogen and oxygen atoms in total. The van der Waals surface area contributed by atoms with Crippen LogP contribution in [0.3, 0.4) is 0 Å². The number of amides is 2. The summed E-state index contributed by atoms with van der Waals surface area (Å²) in [6, 6.07) is 3.66. The van der Waals surface area contributed by atoms with Crippen LogP contribution in [0.2, 0.25) is 0 Å². The zero-order valence-electron chi connectivity index (χ0n) is 15.9. The number of likely N-dealkylation sites (tertiary alicyclic amines) is 1. The largest absolute Gasteiger partial charge is 0.355 e. The molecular formula is C20H22N6O2. The third-order valence-electron chi connectivity index (χ3n) is 5.12. The summed E-state index contributed by atoms with van der Waals surface area (Å²) in [6.07, 6.45) is 8.64. The van der Waals surface area contributed by atoms with Gasteiger partial charge >= 0.3 is 0 Å². The molecule has 1 N–H and O–H groups in total. The highest BCUT2D eigenvalue weighted by molar-refractivity contribution is 5.99. The second-order valence-corrected chi connectivity index (χ2v) is 7.10. The molecule has 1 fully saturated rings. The van der Waals surface area contributed by atoms with Crippen LogP contribution in [0, 0.1) is 6.92 Å². The molecule has 8 heteroatoms. The van der Waals surface area contributed by atoms with Crippen LogP contribution < -0.4 is 5.32 Å². The number of piperidine rings is 1. The summed E-state index contributed by atoms with van der Waals surface area (Å²) < 4.78 is 1.64. The van der Waals surface area contributed by atoms with E-state index in [0.717, 1.165) is 24.1 Å². The Bertz CT molecular complexity index is 1030. The van der Waals surface area contributed by atoms with Crippen LogP contribution in [0.5, 0.6) is 0 Å². The second kappa shape index (κ2) is 7.38. The van der Waals surface area contributed by atoms with Gasteiger partial charge in [0.2, 0.25) is 0 Å². The van der Waals surface area contributed by atoms with E-state index in [2.05, 4.69) is 20.4 Å². The molecule has 3 aromatic heterocycles. The predicted molar refractivity (Wildman–Crippen MR) is 103 cm³/mol. The van der Waals surface area contributed by atoms with Crippen molar-refractivity contribution in [1.29, 1.82) is 0 Å². The van der Waals surface area contributed by atoms with Crippen LogP contribution in [0.4, 0.5) is 0 Å². The van der Waals surface area contributed by atoms with Crippen LogP contribution in [-0.4, -0.2) is 56.4 Å². The van der Waals surface area contributed by atoms with Gasteiger partial charge in [0, 0.05) is 50.3 Å². The normalized spacial score (nSPS) is 16.9. The summed E-state index contributed by atoms with van der Waals surface area (Å²) in [5.41, 5.74) is 3.51. The average molecular weight is 378 g/mol. The van der Waals surface area contributed by atoms with Gasteiger partial charge < -0.3 is 10.2 Å². The van der Waals surface area contributed by atoms with Crippen molar-refractivity contribution in [2.45, 2.75) is 25.7 Å². The molecule has 0 spiro atoms. The fourth-order valence-electron chi connectivity index (χ4n) is 3.62. The number of nitrogens with zero attached hydrogens (tertiary/aromatic N) is 5. The molecular weight excluding hydrogens is 356 g/mol. The Kier molecular flexibility index (Phi) is 4.77. The molecule has 3 aromatic rings. The lowest BCUT2D eigenvalue weighted by molar-refractivity contribution is 0.0707. The molecule has 1 saturated heterocycles. The zero-order chi connectivity index (χ0) is 19.7. The monoisotopic (exact) mass is 378 g/mol. The minimum Gasteiger partial charge on any atom is -0.355 e. The van der Waals surface area contributed by atoms with Crippen LogP contribution in [0.1, 0.15) is 50.7 Å². The minimum atomic E-state index is -0.157. The molecule has 1 unspecified atom stereocenters. The lowest BCUT2D eigenvalue weighted by atomic mass is 9.93. The molecule has 0 aromatic carbocycles. The van der Waals surface area contributed by atoms with E-state index < -0.39 is 0 Å². The first-order chi connectivity index (χ1) is 13.6. The highest BCUT2D eigenvalue weighted by atomic mass is 16.2. The van der Waals surface area contributed by atoms with Gasteiger partial charge in [0.05, 0.1) is 11.8 Å². The van der Waals surface area contributed by atoms with E-state index in [0.29, 0.717) is 29.9 Å². The van der Waals surface area contributed by atoms with Crippen molar-refractivity contribution >= 4 is 17.5 Å². The number of carbonyl (C=O) groups is 2. The third kappa shape index (κ3) is 3.33. The smallest absolute Gasteiger partial charge is 0.259 e. The Balaban J connectivity index is 1.53. The van der Waals surface area contributed by atoms with Gasteiger partial charge in [-0.15, -0.1) is 0 Å². The Morgan fingerprint density at radius 1 is 1.18 bits per heavy atom. The number of hydrogen-bond acceptors (Lipinski definition) is 5. The zero-order valence-corrected chi connectivity index (χ0v) is 15.9. The lowest BCUT2D eigenvalue weighted by Gasteiger charge is -2.32. The van der Waals surface area contributed by atoms with Gasteiger partial charge in [0.1, 0.15) is 5.56 Å². The van der Waals surface area contributed by atoms with E-state index >= 15 is 0 Å². The van der Waals surface area contributed by atoms with Crippen molar-refractivity contribution in [2.24, 2.45) is 0 Å². The van der Waals surface area contributed by atoms with Crippen molar-refractivity contribution in [3.63, 3.8) is 0 Å². The Morgan fingerprint density at radius 3 is 2.79 bits per heavy atom. The highest BCUT2D eigenvalue weighted by Crippen LogP contribution is 2.27. The van der Waals surface area contributed by atoms with Crippen LogP contribution >= 0.6 is 0 Å².